The molecule has 2 aromatic carbocycles. The van der Waals surface area contributed by atoms with Gasteiger partial charge in [0.15, 0.2) is 11.7 Å². The number of halogens is 1. The number of carboxylic acid groups (broad SMARTS) is 1. The minimum absolute atomic E-state index is 0.246. The first kappa shape index (κ1) is 17.9. The zero-order valence-electron chi connectivity index (χ0n) is 13.3. The Hall–Kier alpha value is -2.90. The van der Waals surface area contributed by atoms with Crippen molar-refractivity contribution in [3.63, 3.8) is 0 Å². The summed E-state index contributed by atoms with van der Waals surface area (Å²) in [5.74, 6) is -0.937. The first-order chi connectivity index (χ1) is 12.5. The highest BCUT2D eigenvalue weighted by Gasteiger charge is 2.32. The molecule has 0 spiro atoms. The number of rotatable bonds is 5. The van der Waals surface area contributed by atoms with Crippen LogP contribution in [-0.4, -0.2) is 28.7 Å². The Kier molecular flexibility index (Phi) is 5.20. The van der Waals surface area contributed by atoms with Crippen LogP contribution in [0.4, 0.5) is 5.69 Å². The van der Waals surface area contributed by atoms with Crippen molar-refractivity contribution < 1.29 is 19.4 Å². The number of para-hydroxylation sites is 1. The molecule has 1 fully saturated rings. The SMILES string of the molecule is O=C(O)COc1ccc(/C=C2\NC(=S)N(c3ccccc3Cl)C2=O)cc1. The molecule has 6 nitrogen and oxygen atoms in total. The van der Waals surface area contributed by atoms with Crippen LogP contribution in [0.3, 0.4) is 0 Å². The molecule has 0 radical (unpaired) electrons. The second kappa shape index (κ2) is 7.55. The van der Waals surface area contributed by atoms with Crippen LogP contribution >= 0.6 is 23.8 Å². The molecular weight excluding hydrogens is 376 g/mol. The van der Waals surface area contributed by atoms with E-state index >= 15 is 0 Å². The molecule has 0 aromatic heterocycles. The average molecular weight is 389 g/mol. The van der Waals surface area contributed by atoms with Gasteiger partial charge in [0, 0.05) is 0 Å². The maximum Gasteiger partial charge on any atom is 0.341 e. The van der Waals surface area contributed by atoms with E-state index in [9.17, 15) is 9.59 Å². The van der Waals surface area contributed by atoms with Crippen LogP contribution in [0.1, 0.15) is 5.56 Å². The number of ether oxygens (including phenoxy) is 1. The summed E-state index contributed by atoms with van der Waals surface area (Å²) in [6.45, 7) is -0.415. The van der Waals surface area contributed by atoms with Gasteiger partial charge in [0.05, 0.1) is 10.7 Å². The van der Waals surface area contributed by atoms with E-state index < -0.39 is 12.6 Å². The number of nitrogens with zero attached hydrogens (tertiary/aromatic N) is 1. The fraction of sp³-hybridized carbons (Fsp3) is 0.0556. The number of amides is 1. The van der Waals surface area contributed by atoms with E-state index in [4.69, 9.17) is 33.7 Å². The lowest BCUT2D eigenvalue weighted by Gasteiger charge is -2.15. The third-order valence-electron chi connectivity index (χ3n) is 3.52. The van der Waals surface area contributed by atoms with Crippen molar-refractivity contribution in [2.45, 2.75) is 0 Å². The van der Waals surface area contributed by atoms with Crippen molar-refractivity contribution >= 4 is 52.6 Å². The predicted octanol–water partition coefficient (Wildman–Crippen LogP) is 3.07. The summed E-state index contributed by atoms with van der Waals surface area (Å²) >= 11 is 11.4. The molecule has 0 unspecified atom stereocenters. The van der Waals surface area contributed by atoms with Crippen molar-refractivity contribution in [2.75, 3.05) is 11.5 Å². The maximum absolute atomic E-state index is 12.7. The molecule has 0 saturated carbocycles. The zero-order chi connectivity index (χ0) is 18.7. The molecule has 3 rings (SSSR count). The average Bonchev–Trinajstić information content (AvgIpc) is 2.88. The number of aliphatic carboxylic acids is 1. The summed E-state index contributed by atoms with van der Waals surface area (Å²) in [6, 6.07) is 13.6. The summed E-state index contributed by atoms with van der Waals surface area (Å²) in [5.41, 5.74) is 1.55. The van der Waals surface area contributed by atoms with E-state index in [1.807, 2.05) is 0 Å². The summed E-state index contributed by atoms with van der Waals surface area (Å²) < 4.78 is 5.07. The van der Waals surface area contributed by atoms with Gasteiger partial charge in [0.1, 0.15) is 11.4 Å². The smallest absolute Gasteiger partial charge is 0.341 e. The van der Waals surface area contributed by atoms with Crippen molar-refractivity contribution in [1.82, 2.24) is 5.32 Å². The standard InChI is InChI=1S/C18H13ClN2O4S/c19-13-3-1-2-4-15(13)21-17(24)14(20-18(21)26)9-11-5-7-12(8-6-11)25-10-16(22)23/h1-9H,10H2,(H,20,26)(H,22,23)/b14-9-. The minimum atomic E-state index is -1.05. The number of benzene rings is 2. The Morgan fingerprint density at radius 3 is 2.58 bits per heavy atom. The van der Waals surface area contributed by atoms with Gasteiger partial charge in [-0.25, -0.2) is 4.79 Å². The van der Waals surface area contributed by atoms with Crippen LogP contribution in [0.15, 0.2) is 54.2 Å². The normalized spacial score (nSPS) is 15.3. The fourth-order valence-corrected chi connectivity index (χ4v) is 2.87. The third-order valence-corrected chi connectivity index (χ3v) is 4.13. The quantitative estimate of drug-likeness (QED) is 0.605. The van der Waals surface area contributed by atoms with E-state index in [-0.39, 0.29) is 11.0 Å². The molecule has 1 aliphatic rings. The van der Waals surface area contributed by atoms with Crippen molar-refractivity contribution in [2.24, 2.45) is 0 Å². The first-order valence-corrected chi connectivity index (χ1v) is 8.30. The monoisotopic (exact) mass is 388 g/mol. The number of carboxylic acids is 1. The number of hydrogen-bond acceptors (Lipinski definition) is 4. The van der Waals surface area contributed by atoms with Crippen LogP contribution in [0.25, 0.3) is 6.08 Å². The molecule has 1 aliphatic heterocycles. The summed E-state index contributed by atoms with van der Waals surface area (Å²) in [4.78, 5) is 24.5. The lowest BCUT2D eigenvalue weighted by atomic mass is 10.2. The van der Waals surface area contributed by atoms with Crippen LogP contribution < -0.4 is 15.0 Å². The fourth-order valence-electron chi connectivity index (χ4n) is 2.36. The van der Waals surface area contributed by atoms with Gasteiger partial charge in [-0.3, -0.25) is 9.69 Å². The zero-order valence-corrected chi connectivity index (χ0v) is 14.9. The molecule has 1 amide bonds. The second-order valence-corrected chi connectivity index (χ2v) is 6.13. The Bertz CT molecular complexity index is 912. The van der Waals surface area contributed by atoms with Gasteiger partial charge in [-0.1, -0.05) is 35.9 Å². The van der Waals surface area contributed by atoms with Gasteiger partial charge in [-0.2, -0.15) is 0 Å². The number of thiocarbonyl (C=S) groups is 1. The summed E-state index contributed by atoms with van der Waals surface area (Å²) in [7, 11) is 0. The van der Waals surface area contributed by atoms with Crippen LogP contribution in [0.5, 0.6) is 5.75 Å². The van der Waals surface area contributed by atoms with Gasteiger partial charge in [-0.15, -0.1) is 0 Å². The number of hydrogen-bond donors (Lipinski definition) is 2. The highest BCUT2D eigenvalue weighted by molar-refractivity contribution is 7.80. The van der Waals surface area contributed by atoms with Gasteiger partial charge in [0.25, 0.3) is 5.91 Å². The number of nitrogens with one attached hydrogen (secondary N) is 1. The predicted molar refractivity (Wildman–Crippen MR) is 102 cm³/mol. The van der Waals surface area contributed by atoms with Crippen molar-refractivity contribution in [3.8, 4) is 5.75 Å². The van der Waals surface area contributed by atoms with Crippen LogP contribution in [0, 0.1) is 0 Å². The Labute approximate surface area is 159 Å². The molecule has 132 valence electrons. The molecule has 2 aromatic rings. The number of carbonyl (C=O) groups excluding carboxylic acids is 1. The van der Waals surface area contributed by atoms with E-state index in [1.54, 1.807) is 54.6 Å². The molecule has 0 bridgehead atoms. The van der Waals surface area contributed by atoms with E-state index in [0.29, 0.717) is 22.2 Å². The summed E-state index contributed by atoms with van der Waals surface area (Å²) in [6.07, 6.45) is 1.65. The van der Waals surface area contributed by atoms with Crippen LogP contribution in [-0.2, 0) is 9.59 Å². The lowest BCUT2D eigenvalue weighted by Crippen LogP contribution is -2.30. The largest absolute Gasteiger partial charge is 0.482 e. The van der Waals surface area contributed by atoms with Gasteiger partial charge < -0.3 is 15.2 Å². The Morgan fingerprint density at radius 2 is 1.92 bits per heavy atom. The highest BCUT2D eigenvalue weighted by atomic mass is 35.5. The maximum atomic E-state index is 12.7. The topological polar surface area (TPSA) is 78.9 Å². The highest BCUT2D eigenvalue weighted by Crippen LogP contribution is 2.29. The molecule has 1 saturated heterocycles. The third kappa shape index (κ3) is 3.84. The molecule has 8 heteroatoms. The van der Waals surface area contributed by atoms with Crippen LogP contribution in [0.2, 0.25) is 5.02 Å². The molecule has 26 heavy (non-hydrogen) atoms. The van der Waals surface area contributed by atoms with Crippen molar-refractivity contribution in [3.05, 3.63) is 64.8 Å². The second-order valence-electron chi connectivity index (χ2n) is 5.33. The molecule has 0 atom stereocenters. The first-order valence-electron chi connectivity index (χ1n) is 7.52. The molecular formula is C18H13ClN2O4S. The number of carbonyl (C=O) groups is 2. The van der Waals surface area contributed by atoms with Gasteiger partial charge in [-0.05, 0) is 48.1 Å². The Balaban J connectivity index is 1.80. The van der Waals surface area contributed by atoms with Gasteiger partial charge >= 0.3 is 5.97 Å². The summed E-state index contributed by atoms with van der Waals surface area (Å²) in [5, 5.41) is 12.2. The molecule has 1 heterocycles. The van der Waals surface area contributed by atoms with E-state index in [0.717, 1.165) is 5.56 Å². The molecule has 0 aliphatic carbocycles. The van der Waals surface area contributed by atoms with E-state index in [1.165, 1.54) is 4.90 Å². The minimum Gasteiger partial charge on any atom is -0.482 e. The van der Waals surface area contributed by atoms with Gasteiger partial charge in [0.2, 0.25) is 0 Å². The lowest BCUT2D eigenvalue weighted by molar-refractivity contribution is -0.139. The Morgan fingerprint density at radius 1 is 1.23 bits per heavy atom. The molecule has 2 N–H and O–H groups in total. The number of anilines is 1. The van der Waals surface area contributed by atoms with Crippen molar-refractivity contribution in [1.29, 1.82) is 0 Å². The van der Waals surface area contributed by atoms with E-state index in [2.05, 4.69) is 5.32 Å².